The monoisotopic (exact) mass is 220 g/mol. The Morgan fingerprint density at radius 1 is 1.44 bits per heavy atom. The maximum Gasteiger partial charge on any atom is 0.495 e. The standard InChI is InChI=1S/C12H17BO3/c1-3-8-15-11-7-5-6-9-10(4-2)16-13(14)12(9)11/h5-7,10,14H,3-4,8H2,1-2H3. The predicted octanol–water partition coefficient (Wildman–Crippen LogP) is 1.64. The van der Waals surface area contributed by atoms with Crippen molar-refractivity contribution in [2.75, 3.05) is 6.61 Å². The Bertz CT molecular complexity index is 367. The number of rotatable bonds is 4. The maximum absolute atomic E-state index is 9.86. The highest BCUT2D eigenvalue weighted by Gasteiger charge is 2.36. The maximum atomic E-state index is 9.86. The Morgan fingerprint density at radius 3 is 2.94 bits per heavy atom. The lowest BCUT2D eigenvalue weighted by Gasteiger charge is -2.10. The topological polar surface area (TPSA) is 38.7 Å². The van der Waals surface area contributed by atoms with E-state index in [1.54, 1.807) is 0 Å². The molecule has 1 heterocycles. The quantitative estimate of drug-likeness (QED) is 0.784. The van der Waals surface area contributed by atoms with E-state index in [9.17, 15) is 5.02 Å². The van der Waals surface area contributed by atoms with Crippen molar-refractivity contribution < 1.29 is 14.4 Å². The van der Waals surface area contributed by atoms with Crippen molar-refractivity contribution in [3.8, 4) is 5.75 Å². The van der Waals surface area contributed by atoms with Gasteiger partial charge in [0.25, 0.3) is 0 Å². The molecule has 4 heteroatoms. The molecule has 1 atom stereocenters. The number of ether oxygens (including phenoxy) is 1. The van der Waals surface area contributed by atoms with Crippen LogP contribution in [0.1, 0.15) is 38.4 Å². The summed E-state index contributed by atoms with van der Waals surface area (Å²) >= 11 is 0. The van der Waals surface area contributed by atoms with Crippen molar-refractivity contribution in [1.82, 2.24) is 0 Å². The molecule has 0 radical (unpaired) electrons. The minimum absolute atomic E-state index is 0.00447. The van der Waals surface area contributed by atoms with Gasteiger partial charge >= 0.3 is 7.12 Å². The van der Waals surface area contributed by atoms with Gasteiger partial charge in [-0.3, -0.25) is 0 Å². The first-order valence-corrected chi connectivity index (χ1v) is 5.87. The molecule has 0 saturated heterocycles. The van der Waals surface area contributed by atoms with E-state index in [1.165, 1.54) is 0 Å². The summed E-state index contributed by atoms with van der Waals surface area (Å²) < 4.78 is 11.1. The van der Waals surface area contributed by atoms with Gasteiger partial charge in [-0.2, -0.15) is 0 Å². The summed E-state index contributed by atoms with van der Waals surface area (Å²) in [5.41, 5.74) is 1.87. The van der Waals surface area contributed by atoms with Crippen LogP contribution in [0.15, 0.2) is 18.2 Å². The molecule has 1 unspecified atom stereocenters. The van der Waals surface area contributed by atoms with Gasteiger partial charge in [0.15, 0.2) is 0 Å². The van der Waals surface area contributed by atoms with Crippen LogP contribution in [0, 0.1) is 0 Å². The van der Waals surface area contributed by atoms with E-state index in [-0.39, 0.29) is 6.10 Å². The third-order valence-electron chi connectivity index (χ3n) is 2.82. The van der Waals surface area contributed by atoms with E-state index in [4.69, 9.17) is 9.39 Å². The molecule has 1 aliphatic rings. The first-order chi connectivity index (χ1) is 7.77. The molecule has 0 aromatic heterocycles. The van der Waals surface area contributed by atoms with E-state index in [2.05, 4.69) is 6.92 Å². The van der Waals surface area contributed by atoms with Gasteiger partial charge in [-0.05, 0) is 24.5 Å². The van der Waals surface area contributed by atoms with Gasteiger partial charge in [0, 0.05) is 5.46 Å². The molecule has 86 valence electrons. The van der Waals surface area contributed by atoms with Crippen LogP contribution in [0.2, 0.25) is 0 Å². The number of fused-ring (bicyclic) bond motifs is 1. The van der Waals surface area contributed by atoms with Crippen LogP contribution in [0.25, 0.3) is 0 Å². The fraction of sp³-hybridized carbons (Fsp3) is 0.500. The van der Waals surface area contributed by atoms with Gasteiger partial charge in [0.2, 0.25) is 0 Å². The van der Waals surface area contributed by atoms with Gasteiger partial charge in [-0.1, -0.05) is 26.0 Å². The molecule has 1 aliphatic heterocycles. The summed E-state index contributed by atoms with van der Waals surface area (Å²) in [6, 6.07) is 5.84. The summed E-state index contributed by atoms with van der Waals surface area (Å²) in [6.45, 7) is 4.77. The minimum Gasteiger partial charge on any atom is -0.494 e. The summed E-state index contributed by atoms with van der Waals surface area (Å²) in [5, 5.41) is 9.86. The van der Waals surface area contributed by atoms with Gasteiger partial charge in [-0.15, -0.1) is 0 Å². The zero-order chi connectivity index (χ0) is 11.5. The molecule has 1 aromatic rings. The molecule has 2 rings (SSSR count). The predicted molar refractivity (Wildman–Crippen MR) is 64.0 cm³/mol. The van der Waals surface area contributed by atoms with E-state index >= 15 is 0 Å². The van der Waals surface area contributed by atoms with Crippen LogP contribution in [0.3, 0.4) is 0 Å². The molecular weight excluding hydrogens is 203 g/mol. The normalized spacial score (nSPS) is 18.7. The molecule has 1 aromatic carbocycles. The van der Waals surface area contributed by atoms with Crippen molar-refractivity contribution in [3.05, 3.63) is 23.8 Å². The largest absolute Gasteiger partial charge is 0.495 e. The van der Waals surface area contributed by atoms with E-state index in [0.717, 1.165) is 29.6 Å². The molecule has 0 fully saturated rings. The van der Waals surface area contributed by atoms with Crippen molar-refractivity contribution in [2.24, 2.45) is 0 Å². The second-order valence-electron chi connectivity index (χ2n) is 3.99. The Kier molecular flexibility index (Phi) is 3.51. The van der Waals surface area contributed by atoms with Gasteiger partial charge in [0.05, 0.1) is 12.7 Å². The summed E-state index contributed by atoms with van der Waals surface area (Å²) in [6.07, 6.45) is 1.81. The highest BCUT2D eigenvalue weighted by molar-refractivity contribution is 6.62. The van der Waals surface area contributed by atoms with E-state index < -0.39 is 7.12 Å². The molecular formula is C12H17BO3. The Morgan fingerprint density at radius 2 is 2.25 bits per heavy atom. The van der Waals surface area contributed by atoms with E-state index in [1.807, 2.05) is 25.1 Å². The fourth-order valence-electron chi connectivity index (χ4n) is 2.06. The first-order valence-electron chi connectivity index (χ1n) is 5.87. The van der Waals surface area contributed by atoms with Crippen LogP contribution in [-0.4, -0.2) is 18.7 Å². The summed E-state index contributed by atoms with van der Waals surface area (Å²) in [7, 11) is -0.840. The molecule has 3 nitrogen and oxygen atoms in total. The molecule has 0 amide bonds. The zero-order valence-electron chi connectivity index (χ0n) is 9.77. The summed E-state index contributed by atoms with van der Waals surface area (Å²) in [5.74, 6) is 0.753. The van der Waals surface area contributed by atoms with Crippen LogP contribution in [-0.2, 0) is 4.65 Å². The zero-order valence-corrected chi connectivity index (χ0v) is 9.77. The van der Waals surface area contributed by atoms with Gasteiger partial charge in [-0.25, -0.2) is 0 Å². The fourth-order valence-corrected chi connectivity index (χ4v) is 2.06. The SMILES string of the molecule is CCCOc1cccc2c1B(O)OC2CC. The van der Waals surface area contributed by atoms with Crippen LogP contribution in [0.4, 0.5) is 0 Å². The number of hydrogen-bond acceptors (Lipinski definition) is 3. The molecule has 16 heavy (non-hydrogen) atoms. The molecule has 0 spiro atoms. The van der Waals surface area contributed by atoms with Crippen molar-refractivity contribution in [3.63, 3.8) is 0 Å². The lowest BCUT2D eigenvalue weighted by atomic mass is 9.78. The number of hydrogen-bond donors (Lipinski definition) is 1. The molecule has 0 saturated carbocycles. The highest BCUT2D eigenvalue weighted by atomic mass is 16.5. The van der Waals surface area contributed by atoms with Crippen LogP contribution >= 0.6 is 0 Å². The Labute approximate surface area is 96.5 Å². The van der Waals surface area contributed by atoms with Crippen molar-refractivity contribution in [1.29, 1.82) is 0 Å². The van der Waals surface area contributed by atoms with Crippen LogP contribution in [0.5, 0.6) is 5.75 Å². The average molecular weight is 220 g/mol. The summed E-state index contributed by atoms with van der Waals surface area (Å²) in [4.78, 5) is 0. The lowest BCUT2D eigenvalue weighted by molar-refractivity contribution is 0.186. The third-order valence-corrected chi connectivity index (χ3v) is 2.82. The Hall–Kier alpha value is -0.995. The smallest absolute Gasteiger partial charge is 0.494 e. The molecule has 0 bridgehead atoms. The van der Waals surface area contributed by atoms with Gasteiger partial charge < -0.3 is 14.4 Å². The molecule has 0 aliphatic carbocycles. The van der Waals surface area contributed by atoms with Crippen LogP contribution < -0.4 is 10.2 Å². The highest BCUT2D eigenvalue weighted by Crippen LogP contribution is 2.29. The lowest BCUT2D eigenvalue weighted by Crippen LogP contribution is -2.30. The second kappa shape index (κ2) is 4.89. The molecule has 1 N–H and O–H groups in total. The Balaban J connectivity index is 2.32. The second-order valence-corrected chi connectivity index (χ2v) is 3.99. The van der Waals surface area contributed by atoms with Gasteiger partial charge in [0.1, 0.15) is 5.75 Å². The van der Waals surface area contributed by atoms with Crippen molar-refractivity contribution in [2.45, 2.75) is 32.8 Å². The first kappa shape index (κ1) is 11.5. The van der Waals surface area contributed by atoms with E-state index in [0.29, 0.717) is 6.61 Å². The number of benzene rings is 1. The van der Waals surface area contributed by atoms with Crippen molar-refractivity contribution >= 4 is 12.6 Å². The third kappa shape index (κ3) is 1.95. The minimum atomic E-state index is -0.840. The average Bonchev–Trinajstić information content (AvgIpc) is 2.64.